The fourth-order valence-corrected chi connectivity index (χ4v) is 4.64. The fraction of sp³-hybridized carbons (Fsp3) is 0.409. The van der Waals surface area contributed by atoms with Crippen molar-refractivity contribution in [2.75, 3.05) is 13.1 Å². The van der Waals surface area contributed by atoms with Gasteiger partial charge in [-0.15, -0.1) is 0 Å². The van der Waals surface area contributed by atoms with Gasteiger partial charge in [-0.2, -0.15) is 0 Å². The van der Waals surface area contributed by atoms with Crippen molar-refractivity contribution >= 4 is 23.4 Å². The topological polar surface area (TPSA) is 112 Å². The predicted molar refractivity (Wildman–Crippen MR) is 114 cm³/mol. The number of aliphatic hydroxyl groups excluding tert-OH is 1. The van der Waals surface area contributed by atoms with Crippen LogP contribution in [-0.2, 0) is 6.54 Å². The van der Waals surface area contributed by atoms with Crippen LogP contribution < -0.4 is 10.7 Å². The molecule has 176 valence electrons. The van der Waals surface area contributed by atoms with Crippen LogP contribution in [0.2, 0.25) is 5.02 Å². The summed E-state index contributed by atoms with van der Waals surface area (Å²) in [5.41, 5.74) is -2.04. The highest BCUT2D eigenvalue weighted by molar-refractivity contribution is 6.30. The number of amides is 2. The third-order valence-corrected chi connectivity index (χ3v) is 6.43. The summed E-state index contributed by atoms with van der Waals surface area (Å²) in [4.78, 5) is 40.3. The Morgan fingerprint density at radius 1 is 1.30 bits per heavy atom. The second-order valence-corrected chi connectivity index (χ2v) is 8.56. The molecule has 2 atom stereocenters. The number of hydrogen-bond acceptors (Lipinski definition) is 5. The Kier molecular flexibility index (Phi) is 6.15. The van der Waals surface area contributed by atoms with Crippen molar-refractivity contribution in [3.63, 3.8) is 0 Å². The minimum Gasteiger partial charge on any atom is -0.503 e. The maximum atomic E-state index is 14.2. The molecule has 1 aromatic heterocycles. The van der Waals surface area contributed by atoms with Gasteiger partial charge in [0.25, 0.3) is 11.8 Å². The molecule has 0 saturated carbocycles. The maximum Gasteiger partial charge on any atom is 0.274 e. The number of carbonyl (C=O) groups excluding carboxylic acids is 2. The van der Waals surface area contributed by atoms with Gasteiger partial charge in [0, 0.05) is 31.6 Å². The molecule has 3 N–H and O–H groups in total. The zero-order chi connectivity index (χ0) is 24.0. The fourth-order valence-electron chi connectivity index (χ4n) is 4.45. The van der Waals surface area contributed by atoms with Crippen molar-refractivity contribution in [2.45, 2.75) is 44.9 Å². The molecule has 1 aromatic carbocycles. The number of rotatable bonds is 6. The lowest BCUT2D eigenvalue weighted by atomic mass is 10.1. The lowest BCUT2D eigenvalue weighted by molar-refractivity contribution is 0.0654. The summed E-state index contributed by atoms with van der Waals surface area (Å²) in [7, 11) is 0. The summed E-state index contributed by atoms with van der Waals surface area (Å²) in [5, 5.41) is 22.9. The van der Waals surface area contributed by atoms with Crippen molar-refractivity contribution in [3.8, 4) is 5.75 Å². The van der Waals surface area contributed by atoms with Crippen LogP contribution in [0.25, 0.3) is 0 Å². The van der Waals surface area contributed by atoms with E-state index in [0.717, 1.165) is 25.0 Å². The minimum atomic E-state index is -1.21. The number of halogens is 3. The minimum absolute atomic E-state index is 0.0589. The lowest BCUT2D eigenvalue weighted by Gasteiger charge is -2.34. The van der Waals surface area contributed by atoms with Crippen molar-refractivity contribution in [1.29, 1.82) is 0 Å². The molecule has 2 aliphatic heterocycles. The number of pyridine rings is 1. The molecular formula is C22H22ClF2N3O5. The van der Waals surface area contributed by atoms with Gasteiger partial charge in [0.15, 0.2) is 11.4 Å². The van der Waals surface area contributed by atoms with Gasteiger partial charge in [0.05, 0.1) is 17.8 Å². The first-order chi connectivity index (χ1) is 15.7. The van der Waals surface area contributed by atoms with Gasteiger partial charge in [-0.05, 0) is 12.5 Å². The number of aromatic nitrogens is 1. The Bertz CT molecular complexity index is 1220. The largest absolute Gasteiger partial charge is 0.503 e. The molecule has 11 heteroatoms. The van der Waals surface area contributed by atoms with Crippen LogP contribution >= 0.6 is 11.6 Å². The third-order valence-electron chi connectivity index (χ3n) is 6.08. The number of benzene rings is 1. The van der Waals surface area contributed by atoms with E-state index < -0.39 is 63.9 Å². The molecule has 2 aromatic rings. The molecule has 2 amide bonds. The van der Waals surface area contributed by atoms with E-state index in [0.29, 0.717) is 6.54 Å². The zero-order valence-corrected chi connectivity index (χ0v) is 18.5. The van der Waals surface area contributed by atoms with E-state index in [1.54, 1.807) is 0 Å². The average molecular weight is 482 g/mol. The SMILES string of the molecule is CCCCN1CC2CC(O)c3c(C(=O)NCc4ccc(F)c(Cl)c4F)c(=O)c(O)c(n32)C1=O. The monoisotopic (exact) mass is 481 g/mol. The van der Waals surface area contributed by atoms with E-state index in [1.807, 2.05) is 6.92 Å². The van der Waals surface area contributed by atoms with Crippen molar-refractivity contribution < 1.29 is 28.6 Å². The van der Waals surface area contributed by atoms with Crippen molar-refractivity contribution in [1.82, 2.24) is 14.8 Å². The maximum absolute atomic E-state index is 14.2. The third kappa shape index (κ3) is 3.76. The Balaban J connectivity index is 1.71. The van der Waals surface area contributed by atoms with Crippen LogP contribution in [0.15, 0.2) is 16.9 Å². The number of carbonyl (C=O) groups is 2. The normalized spacial score (nSPS) is 19.1. The van der Waals surface area contributed by atoms with Crippen molar-refractivity contribution in [2.24, 2.45) is 0 Å². The van der Waals surface area contributed by atoms with Gasteiger partial charge in [-0.1, -0.05) is 31.0 Å². The second kappa shape index (κ2) is 8.75. The van der Waals surface area contributed by atoms with Gasteiger partial charge >= 0.3 is 0 Å². The summed E-state index contributed by atoms with van der Waals surface area (Å²) in [6.07, 6.45) is 0.538. The molecule has 0 saturated heterocycles. The molecule has 0 aliphatic carbocycles. The molecule has 0 bridgehead atoms. The Hall–Kier alpha value is -2.98. The van der Waals surface area contributed by atoms with Crippen LogP contribution in [0.3, 0.4) is 0 Å². The van der Waals surface area contributed by atoms with E-state index >= 15 is 0 Å². The predicted octanol–water partition coefficient (Wildman–Crippen LogP) is 2.65. The summed E-state index contributed by atoms with van der Waals surface area (Å²) >= 11 is 5.55. The Morgan fingerprint density at radius 2 is 2.03 bits per heavy atom. The summed E-state index contributed by atoms with van der Waals surface area (Å²) in [6, 6.07) is 1.63. The van der Waals surface area contributed by atoms with E-state index in [9.17, 15) is 33.4 Å². The summed E-state index contributed by atoms with van der Waals surface area (Å²) in [6.45, 7) is 2.27. The average Bonchev–Trinajstić information content (AvgIpc) is 3.10. The highest BCUT2D eigenvalue weighted by atomic mass is 35.5. The second-order valence-electron chi connectivity index (χ2n) is 8.18. The molecule has 0 radical (unpaired) electrons. The van der Waals surface area contributed by atoms with Crippen LogP contribution in [-0.4, -0.2) is 44.6 Å². The van der Waals surface area contributed by atoms with Gasteiger partial charge in [0.2, 0.25) is 5.43 Å². The summed E-state index contributed by atoms with van der Waals surface area (Å²) < 4.78 is 28.9. The number of nitrogens with one attached hydrogen (secondary N) is 1. The highest BCUT2D eigenvalue weighted by Crippen LogP contribution is 2.42. The molecule has 0 spiro atoms. The molecule has 3 heterocycles. The van der Waals surface area contributed by atoms with E-state index in [4.69, 9.17) is 11.6 Å². The molecule has 33 heavy (non-hydrogen) atoms. The first-order valence-corrected chi connectivity index (χ1v) is 10.9. The number of aliphatic hydroxyl groups is 1. The van der Waals surface area contributed by atoms with Crippen LogP contribution in [0.1, 0.15) is 70.4 Å². The van der Waals surface area contributed by atoms with E-state index in [-0.39, 0.29) is 29.9 Å². The molecule has 2 unspecified atom stereocenters. The molecule has 4 rings (SSSR count). The number of hydrogen-bond donors (Lipinski definition) is 3. The van der Waals surface area contributed by atoms with Crippen LogP contribution in [0, 0.1) is 11.6 Å². The number of nitrogens with zero attached hydrogens (tertiary/aromatic N) is 2. The van der Waals surface area contributed by atoms with Gasteiger partial charge < -0.3 is 25.0 Å². The number of unbranched alkanes of at least 4 members (excludes halogenated alkanes) is 1. The van der Waals surface area contributed by atoms with Crippen LogP contribution in [0.5, 0.6) is 5.75 Å². The number of aromatic hydroxyl groups is 1. The first kappa shape index (κ1) is 23.2. The van der Waals surface area contributed by atoms with Crippen LogP contribution in [0.4, 0.5) is 8.78 Å². The smallest absolute Gasteiger partial charge is 0.274 e. The van der Waals surface area contributed by atoms with Gasteiger partial charge in [-0.3, -0.25) is 14.4 Å². The van der Waals surface area contributed by atoms with Crippen molar-refractivity contribution in [3.05, 3.63) is 61.5 Å². The molecule has 8 nitrogen and oxygen atoms in total. The Morgan fingerprint density at radius 3 is 2.73 bits per heavy atom. The van der Waals surface area contributed by atoms with E-state index in [2.05, 4.69) is 5.32 Å². The lowest BCUT2D eigenvalue weighted by Crippen LogP contribution is -2.45. The van der Waals surface area contributed by atoms with Gasteiger partial charge in [0.1, 0.15) is 22.2 Å². The van der Waals surface area contributed by atoms with Gasteiger partial charge in [-0.25, -0.2) is 8.78 Å². The molecule has 0 fully saturated rings. The quantitative estimate of drug-likeness (QED) is 0.549. The molecule has 2 aliphatic rings. The molecular weight excluding hydrogens is 460 g/mol. The van der Waals surface area contributed by atoms with E-state index in [1.165, 1.54) is 9.47 Å². The first-order valence-electron chi connectivity index (χ1n) is 10.6. The highest BCUT2D eigenvalue weighted by Gasteiger charge is 2.44. The standard InChI is InChI=1S/C22H22ClF2N3O5/c1-2-3-6-27-9-11-7-13(29)17-14(19(30)20(31)18(22(27)33)28(11)17)21(32)26-8-10-4-5-12(24)15(23)16(10)25/h4-5,11,13,29,31H,2-3,6-9H2,1H3,(H,26,32). The Labute approximate surface area is 192 Å². The zero-order valence-electron chi connectivity index (χ0n) is 17.7. The summed E-state index contributed by atoms with van der Waals surface area (Å²) in [5.74, 6) is -4.39.